The minimum Gasteiger partial charge on any atom is -0.493 e. The fourth-order valence-electron chi connectivity index (χ4n) is 3.69. The Balaban J connectivity index is 1.53. The highest BCUT2D eigenvalue weighted by atomic mass is 16.5. The number of rotatable bonds is 3. The van der Waals surface area contributed by atoms with Crippen molar-refractivity contribution in [3.63, 3.8) is 0 Å². The summed E-state index contributed by atoms with van der Waals surface area (Å²) in [5.41, 5.74) is 1.16. The van der Waals surface area contributed by atoms with E-state index in [1.54, 1.807) is 11.2 Å². The molecule has 1 saturated carbocycles. The molecule has 23 heavy (non-hydrogen) atoms. The van der Waals surface area contributed by atoms with E-state index < -0.39 is 0 Å². The Bertz CT molecular complexity index is 757. The number of carbonyl (C=O) groups excluding carboxylic acids is 1. The molecule has 2 aromatic rings. The number of para-hydroxylation sites is 1. The molecule has 2 heterocycles. The van der Waals surface area contributed by atoms with Crippen LogP contribution in [0.1, 0.15) is 24.2 Å². The van der Waals surface area contributed by atoms with Crippen molar-refractivity contribution in [1.29, 1.82) is 0 Å². The molecule has 1 aliphatic heterocycles. The predicted molar refractivity (Wildman–Crippen MR) is 83.8 cm³/mol. The largest absolute Gasteiger partial charge is 0.493 e. The molecule has 6 heteroatoms. The van der Waals surface area contributed by atoms with Crippen LogP contribution in [-0.4, -0.2) is 39.2 Å². The fraction of sp³-hybridized carbons (Fsp3) is 0.471. The first-order valence-corrected chi connectivity index (χ1v) is 7.92. The van der Waals surface area contributed by atoms with Crippen LogP contribution in [0.5, 0.6) is 5.75 Å². The Labute approximate surface area is 135 Å². The summed E-state index contributed by atoms with van der Waals surface area (Å²) in [6.07, 6.45) is 3.48. The Morgan fingerprint density at radius 2 is 2.30 bits per heavy atom. The van der Waals surface area contributed by atoms with Gasteiger partial charge in [0, 0.05) is 31.0 Å². The second kappa shape index (κ2) is 5.08. The van der Waals surface area contributed by atoms with Gasteiger partial charge in [0.1, 0.15) is 12.1 Å². The summed E-state index contributed by atoms with van der Waals surface area (Å²) < 4.78 is 7.59. The van der Waals surface area contributed by atoms with Crippen molar-refractivity contribution in [1.82, 2.24) is 19.7 Å². The number of nitrogens with zero attached hydrogens (tertiary/aromatic N) is 4. The number of hydrogen-bond donors (Lipinski definition) is 0. The van der Waals surface area contributed by atoms with Gasteiger partial charge in [-0.2, -0.15) is 0 Å². The normalized spacial score (nSPS) is 24.9. The Hall–Kier alpha value is -2.37. The molecule has 4 rings (SSSR count). The van der Waals surface area contributed by atoms with Gasteiger partial charge in [-0.15, -0.1) is 10.2 Å². The summed E-state index contributed by atoms with van der Waals surface area (Å²) in [6, 6.07) is 8.11. The van der Waals surface area contributed by atoms with Gasteiger partial charge in [-0.25, -0.2) is 0 Å². The van der Waals surface area contributed by atoms with E-state index in [1.807, 2.05) is 36.9 Å². The lowest BCUT2D eigenvalue weighted by Gasteiger charge is -2.27. The van der Waals surface area contributed by atoms with E-state index in [-0.39, 0.29) is 17.2 Å². The smallest absolute Gasteiger partial charge is 0.226 e. The molecule has 0 saturated heterocycles. The van der Waals surface area contributed by atoms with E-state index in [1.165, 1.54) is 5.56 Å². The maximum atomic E-state index is 12.9. The second-order valence-electron chi connectivity index (χ2n) is 6.56. The van der Waals surface area contributed by atoms with Crippen LogP contribution >= 0.6 is 0 Å². The average Bonchev–Trinajstić information content (AvgIpc) is 3.13. The number of benzene rings is 1. The van der Waals surface area contributed by atoms with Crippen LogP contribution in [-0.2, 0) is 23.8 Å². The van der Waals surface area contributed by atoms with Crippen molar-refractivity contribution < 1.29 is 9.53 Å². The number of ether oxygens (including phenoxy) is 1. The highest BCUT2D eigenvalue weighted by Crippen LogP contribution is 2.61. The van der Waals surface area contributed by atoms with Gasteiger partial charge in [-0.1, -0.05) is 18.2 Å². The number of aryl methyl sites for hydroxylation is 1. The van der Waals surface area contributed by atoms with Crippen LogP contribution in [0.3, 0.4) is 0 Å². The second-order valence-corrected chi connectivity index (χ2v) is 6.56. The van der Waals surface area contributed by atoms with E-state index in [2.05, 4.69) is 16.3 Å². The molecule has 0 N–H and O–H groups in total. The van der Waals surface area contributed by atoms with Crippen molar-refractivity contribution in [3.05, 3.63) is 42.0 Å². The summed E-state index contributed by atoms with van der Waals surface area (Å²) in [4.78, 5) is 14.6. The first kappa shape index (κ1) is 14.2. The van der Waals surface area contributed by atoms with Gasteiger partial charge in [0.2, 0.25) is 5.91 Å². The highest BCUT2D eigenvalue weighted by molar-refractivity contribution is 5.84. The summed E-state index contributed by atoms with van der Waals surface area (Å²) >= 11 is 0. The molecule has 1 aliphatic carbocycles. The minimum atomic E-state index is -0.0277. The number of aromatic nitrogens is 3. The third kappa shape index (κ3) is 2.20. The molecule has 0 bridgehead atoms. The molecular formula is C17H20N4O2. The number of amides is 1. The zero-order valence-corrected chi connectivity index (χ0v) is 13.4. The molecule has 1 spiro atoms. The lowest BCUT2D eigenvalue weighted by molar-refractivity contribution is -0.132. The van der Waals surface area contributed by atoms with Crippen LogP contribution in [0.2, 0.25) is 0 Å². The van der Waals surface area contributed by atoms with Crippen molar-refractivity contribution in [2.75, 3.05) is 13.7 Å². The molecule has 0 radical (unpaired) electrons. The number of hydrogen-bond acceptors (Lipinski definition) is 4. The number of fused-ring (bicyclic) bond motifs is 2. The minimum absolute atomic E-state index is 0.0277. The zero-order valence-electron chi connectivity index (χ0n) is 13.4. The maximum absolute atomic E-state index is 12.9. The molecule has 0 unspecified atom stereocenters. The van der Waals surface area contributed by atoms with Gasteiger partial charge in [-0.3, -0.25) is 4.79 Å². The van der Waals surface area contributed by atoms with Gasteiger partial charge >= 0.3 is 0 Å². The van der Waals surface area contributed by atoms with Gasteiger partial charge < -0.3 is 14.2 Å². The lowest BCUT2D eigenvalue weighted by Crippen LogP contribution is -2.33. The van der Waals surface area contributed by atoms with Crippen LogP contribution in [0.15, 0.2) is 30.6 Å². The molecule has 2 aliphatic rings. The number of carbonyl (C=O) groups is 1. The third-order valence-electron chi connectivity index (χ3n) is 5.16. The van der Waals surface area contributed by atoms with Crippen molar-refractivity contribution in [3.8, 4) is 5.75 Å². The van der Waals surface area contributed by atoms with Gasteiger partial charge in [-0.05, 0) is 18.9 Å². The van der Waals surface area contributed by atoms with Crippen LogP contribution in [0.25, 0.3) is 0 Å². The zero-order chi connectivity index (χ0) is 16.0. The molecule has 120 valence electrons. The van der Waals surface area contributed by atoms with Crippen molar-refractivity contribution >= 4 is 5.91 Å². The molecule has 6 nitrogen and oxygen atoms in total. The van der Waals surface area contributed by atoms with Crippen molar-refractivity contribution in [2.45, 2.75) is 24.8 Å². The summed E-state index contributed by atoms with van der Waals surface area (Å²) in [5, 5.41) is 7.92. The SMILES string of the molecule is CN(Cc1nncn1C)C(=O)[C@@H]1C[C@]12CCOc1ccccc12. The highest BCUT2D eigenvalue weighted by Gasteiger charge is 2.61. The van der Waals surface area contributed by atoms with Gasteiger partial charge in [0.05, 0.1) is 13.2 Å². The monoisotopic (exact) mass is 312 g/mol. The van der Waals surface area contributed by atoms with E-state index >= 15 is 0 Å². The standard InChI is InChI=1S/C17H20N4O2/c1-20(10-15-19-18-11-21(15)2)16(22)13-9-17(13)7-8-23-14-6-4-3-5-12(14)17/h3-6,11,13H,7-10H2,1-2H3/t13-,17-/m0/s1. The van der Waals surface area contributed by atoms with Crippen LogP contribution in [0.4, 0.5) is 0 Å². The Morgan fingerprint density at radius 3 is 3.09 bits per heavy atom. The molecule has 1 aromatic heterocycles. The summed E-state index contributed by atoms with van der Waals surface area (Å²) in [7, 11) is 3.73. The molecule has 1 fully saturated rings. The summed E-state index contributed by atoms with van der Waals surface area (Å²) in [6.45, 7) is 1.17. The maximum Gasteiger partial charge on any atom is 0.226 e. The van der Waals surface area contributed by atoms with E-state index in [0.29, 0.717) is 13.2 Å². The quantitative estimate of drug-likeness (QED) is 0.862. The molecule has 1 amide bonds. The lowest BCUT2D eigenvalue weighted by atomic mass is 9.87. The van der Waals surface area contributed by atoms with E-state index in [4.69, 9.17) is 4.74 Å². The van der Waals surface area contributed by atoms with Crippen LogP contribution < -0.4 is 4.74 Å². The predicted octanol–water partition coefficient (Wildman–Crippen LogP) is 1.51. The summed E-state index contributed by atoms with van der Waals surface area (Å²) in [5.74, 6) is 1.96. The molecular weight excluding hydrogens is 292 g/mol. The van der Waals surface area contributed by atoms with Crippen molar-refractivity contribution in [2.24, 2.45) is 13.0 Å². The first-order chi connectivity index (χ1) is 11.1. The Morgan fingerprint density at radius 1 is 1.48 bits per heavy atom. The third-order valence-corrected chi connectivity index (χ3v) is 5.16. The Kier molecular flexibility index (Phi) is 3.14. The van der Waals surface area contributed by atoms with Crippen LogP contribution in [0, 0.1) is 5.92 Å². The fourth-order valence-corrected chi connectivity index (χ4v) is 3.69. The molecule has 2 atom stereocenters. The first-order valence-electron chi connectivity index (χ1n) is 7.92. The van der Waals surface area contributed by atoms with E-state index in [0.717, 1.165) is 24.4 Å². The molecule has 1 aromatic carbocycles. The average molecular weight is 312 g/mol. The van der Waals surface area contributed by atoms with Gasteiger partial charge in [0.15, 0.2) is 5.82 Å². The topological polar surface area (TPSA) is 60.2 Å². The van der Waals surface area contributed by atoms with Gasteiger partial charge in [0.25, 0.3) is 0 Å². The van der Waals surface area contributed by atoms with E-state index in [9.17, 15) is 4.79 Å².